The Morgan fingerprint density at radius 1 is 0.947 bits per heavy atom. The van der Waals surface area contributed by atoms with E-state index in [-0.39, 0.29) is 0 Å². The number of nitrogens with one attached hydrogen (secondary N) is 1. The Hall–Kier alpha value is -1.51. The van der Waals surface area contributed by atoms with Crippen LogP contribution in [0.1, 0.15) is 16.7 Å². The summed E-state index contributed by atoms with van der Waals surface area (Å²) in [5.74, 6) is 1.49. The highest BCUT2D eigenvalue weighted by atomic mass is 35.5. The molecule has 2 aromatic rings. The van der Waals surface area contributed by atoms with Crippen molar-refractivity contribution in [2.45, 2.75) is 19.0 Å². The lowest BCUT2D eigenvalue weighted by molar-refractivity contribution is 0.407. The van der Waals surface area contributed by atoms with E-state index in [0.29, 0.717) is 5.88 Å². The zero-order valence-electron chi connectivity index (χ0n) is 11.0. The number of benzene rings is 2. The molecule has 2 aromatic carbocycles. The van der Waals surface area contributed by atoms with Crippen LogP contribution in [0.5, 0.6) is 5.75 Å². The van der Waals surface area contributed by atoms with Gasteiger partial charge in [0.15, 0.2) is 0 Å². The Bertz CT molecular complexity index is 510. The van der Waals surface area contributed by atoms with Crippen molar-refractivity contribution in [3.63, 3.8) is 0 Å². The van der Waals surface area contributed by atoms with Crippen molar-refractivity contribution >= 4 is 11.6 Å². The Labute approximate surface area is 119 Å². The summed E-state index contributed by atoms with van der Waals surface area (Å²) in [5.41, 5.74) is 3.57. The molecule has 0 aliphatic rings. The summed E-state index contributed by atoms with van der Waals surface area (Å²) in [4.78, 5) is 0. The molecular weight excluding hydrogens is 258 g/mol. The highest BCUT2D eigenvalue weighted by Crippen LogP contribution is 2.16. The zero-order chi connectivity index (χ0) is 13.5. The van der Waals surface area contributed by atoms with E-state index in [1.54, 1.807) is 7.11 Å². The summed E-state index contributed by atoms with van der Waals surface area (Å²) in [6.45, 7) is 1.63. The van der Waals surface area contributed by atoms with Gasteiger partial charge >= 0.3 is 0 Å². The fourth-order valence-corrected chi connectivity index (χ4v) is 2.11. The van der Waals surface area contributed by atoms with Gasteiger partial charge in [-0.2, -0.15) is 0 Å². The van der Waals surface area contributed by atoms with E-state index in [9.17, 15) is 0 Å². The minimum atomic E-state index is 0.564. The van der Waals surface area contributed by atoms with Crippen LogP contribution < -0.4 is 10.1 Å². The number of para-hydroxylation sites is 1. The van der Waals surface area contributed by atoms with Crippen LogP contribution >= 0.6 is 11.6 Å². The number of hydrogen-bond donors (Lipinski definition) is 1. The summed E-state index contributed by atoms with van der Waals surface area (Å²) in [5, 5.41) is 3.42. The molecule has 3 heteroatoms. The van der Waals surface area contributed by atoms with Crippen molar-refractivity contribution in [1.82, 2.24) is 5.32 Å². The van der Waals surface area contributed by atoms with Crippen molar-refractivity contribution in [1.29, 1.82) is 0 Å². The second-order valence-electron chi connectivity index (χ2n) is 4.37. The predicted octanol–water partition coefficient (Wildman–Crippen LogP) is 3.72. The molecule has 100 valence electrons. The van der Waals surface area contributed by atoms with Gasteiger partial charge in [-0.05, 0) is 17.2 Å². The van der Waals surface area contributed by atoms with Gasteiger partial charge in [0.1, 0.15) is 5.75 Å². The number of rotatable bonds is 6. The zero-order valence-corrected chi connectivity index (χ0v) is 11.8. The Kier molecular flexibility index (Phi) is 5.25. The van der Waals surface area contributed by atoms with Crippen LogP contribution in [0.3, 0.4) is 0 Å². The Morgan fingerprint density at radius 3 is 2.32 bits per heavy atom. The van der Waals surface area contributed by atoms with Crippen LogP contribution in [0.15, 0.2) is 48.5 Å². The molecule has 0 fully saturated rings. The monoisotopic (exact) mass is 275 g/mol. The molecule has 0 heterocycles. The first-order valence-corrected chi connectivity index (χ1v) is 6.83. The van der Waals surface area contributed by atoms with Gasteiger partial charge in [0, 0.05) is 24.5 Å². The third-order valence-electron chi connectivity index (χ3n) is 3.01. The van der Waals surface area contributed by atoms with Crippen molar-refractivity contribution < 1.29 is 4.74 Å². The van der Waals surface area contributed by atoms with Crippen molar-refractivity contribution in [2.75, 3.05) is 7.11 Å². The second kappa shape index (κ2) is 7.17. The lowest BCUT2D eigenvalue weighted by Gasteiger charge is -2.09. The molecule has 0 unspecified atom stereocenters. The van der Waals surface area contributed by atoms with E-state index in [1.807, 2.05) is 18.2 Å². The van der Waals surface area contributed by atoms with E-state index in [1.165, 1.54) is 11.1 Å². The smallest absolute Gasteiger partial charge is 0.123 e. The number of alkyl halides is 1. The third kappa shape index (κ3) is 3.98. The van der Waals surface area contributed by atoms with Crippen LogP contribution in [0, 0.1) is 0 Å². The van der Waals surface area contributed by atoms with Crippen LogP contribution in [0.4, 0.5) is 0 Å². The number of methoxy groups -OCH3 is 1. The van der Waals surface area contributed by atoms with Crippen LogP contribution in [0.25, 0.3) is 0 Å². The summed E-state index contributed by atoms with van der Waals surface area (Å²) in [6, 6.07) is 16.4. The van der Waals surface area contributed by atoms with E-state index < -0.39 is 0 Å². The molecule has 19 heavy (non-hydrogen) atoms. The van der Waals surface area contributed by atoms with Gasteiger partial charge in [-0.1, -0.05) is 42.5 Å². The summed E-state index contributed by atoms with van der Waals surface area (Å²) in [7, 11) is 1.70. The van der Waals surface area contributed by atoms with E-state index >= 15 is 0 Å². The summed E-state index contributed by atoms with van der Waals surface area (Å²) >= 11 is 5.77. The molecule has 2 nitrogen and oxygen atoms in total. The first-order valence-electron chi connectivity index (χ1n) is 6.30. The van der Waals surface area contributed by atoms with Crippen LogP contribution in [-0.2, 0) is 19.0 Å². The van der Waals surface area contributed by atoms with E-state index in [0.717, 1.165) is 24.4 Å². The van der Waals surface area contributed by atoms with Crippen molar-refractivity contribution in [3.8, 4) is 5.75 Å². The lowest BCUT2D eigenvalue weighted by Crippen LogP contribution is -2.13. The molecule has 1 N–H and O–H groups in total. The summed E-state index contributed by atoms with van der Waals surface area (Å²) < 4.78 is 5.32. The Balaban J connectivity index is 1.88. The van der Waals surface area contributed by atoms with Gasteiger partial charge < -0.3 is 10.1 Å². The molecule has 2 rings (SSSR count). The molecule has 0 saturated heterocycles. The lowest BCUT2D eigenvalue weighted by atomic mass is 10.1. The SMILES string of the molecule is COc1ccccc1CNCc1ccc(CCl)cc1. The number of ether oxygens (including phenoxy) is 1. The van der Waals surface area contributed by atoms with Gasteiger partial charge in [0.25, 0.3) is 0 Å². The highest BCUT2D eigenvalue weighted by molar-refractivity contribution is 6.17. The molecule has 0 saturated carbocycles. The second-order valence-corrected chi connectivity index (χ2v) is 4.63. The number of hydrogen-bond acceptors (Lipinski definition) is 2. The highest BCUT2D eigenvalue weighted by Gasteiger charge is 2.01. The molecule has 0 spiro atoms. The molecule has 0 radical (unpaired) electrons. The molecular formula is C16H18ClNO. The van der Waals surface area contributed by atoms with Gasteiger partial charge in [0.2, 0.25) is 0 Å². The molecule has 0 amide bonds. The molecule has 0 aromatic heterocycles. The predicted molar refractivity (Wildman–Crippen MR) is 79.5 cm³/mol. The van der Waals surface area contributed by atoms with Crippen molar-refractivity contribution in [3.05, 3.63) is 65.2 Å². The minimum absolute atomic E-state index is 0.564. The fraction of sp³-hybridized carbons (Fsp3) is 0.250. The average Bonchev–Trinajstić information content (AvgIpc) is 2.48. The van der Waals surface area contributed by atoms with Gasteiger partial charge in [-0.15, -0.1) is 11.6 Å². The maximum absolute atomic E-state index is 5.77. The first-order chi connectivity index (χ1) is 9.33. The van der Waals surface area contributed by atoms with E-state index in [2.05, 4.69) is 35.6 Å². The maximum Gasteiger partial charge on any atom is 0.123 e. The Morgan fingerprint density at radius 2 is 1.63 bits per heavy atom. The number of halogens is 1. The van der Waals surface area contributed by atoms with Gasteiger partial charge in [-0.3, -0.25) is 0 Å². The standard InChI is InChI=1S/C16H18ClNO/c1-19-16-5-3-2-4-15(16)12-18-11-14-8-6-13(10-17)7-9-14/h2-9,18H,10-12H2,1H3. The van der Waals surface area contributed by atoms with Gasteiger partial charge in [-0.25, -0.2) is 0 Å². The van der Waals surface area contributed by atoms with Crippen molar-refractivity contribution in [2.24, 2.45) is 0 Å². The van der Waals surface area contributed by atoms with Crippen LogP contribution in [-0.4, -0.2) is 7.11 Å². The topological polar surface area (TPSA) is 21.3 Å². The third-order valence-corrected chi connectivity index (χ3v) is 3.32. The average molecular weight is 276 g/mol. The fourth-order valence-electron chi connectivity index (χ4n) is 1.94. The first kappa shape index (κ1) is 13.9. The minimum Gasteiger partial charge on any atom is -0.496 e. The van der Waals surface area contributed by atoms with Gasteiger partial charge in [0.05, 0.1) is 7.11 Å². The normalized spacial score (nSPS) is 10.4. The molecule has 0 bridgehead atoms. The quantitative estimate of drug-likeness (QED) is 0.811. The molecule has 0 aliphatic carbocycles. The molecule has 0 atom stereocenters. The largest absolute Gasteiger partial charge is 0.496 e. The summed E-state index contributed by atoms with van der Waals surface area (Å²) in [6.07, 6.45) is 0. The van der Waals surface area contributed by atoms with E-state index in [4.69, 9.17) is 16.3 Å². The molecule has 0 aliphatic heterocycles. The maximum atomic E-state index is 5.77. The van der Waals surface area contributed by atoms with Crippen LogP contribution in [0.2, 0.25) is 0 Å².